The number of methoxy groups -OCH3 is 1. The predicted octanol–water partition coefficient (Wildman–Crippen LogP) is 4.50. The highest BCUT2D eigenvalue weighted by atomic mass is 16.6. The van der Waals surface area contributed by atoms with Crippen LogP contribution in [0.3, 0.4) is 0 Å². The normalized spacial score (nSPS) is 11.2. The van der Waals surface area contributed by atoms with Crippen LogP contribution in [0.15, 0.2) is 18.2 Å². The Morgan fingerprint density at radius 2 is 1.91 bits per heavy atom. The van der Waals surface area contributed by atoms with Gasteiger partial charge < -0.3 is 14.8 Å². The monoisotopic (exact) mass is 308 g/mol. The summed E-state index contributed by atoms with van der Waals surface area (Å²) in [5.74, 6) is 1.35. The average molecular weight is 308 g/mol. The van der Waals surface area contributed by atoms with E-state index in [0.29, 0.717) is 11.6 Å². The molecule has 0 heterocycles. The van der Waals surface area contributed by atoms with Gasteiger partial charge >= 0.3 is 6.09 Å². The number of amides is 1. The van der Waals surface area contributed by atoms with E-state index in [1.54, 1.807) is 19.2 Å². The molecule has 1 amide bonds. The lowest BCUT2D eigenvalue weighted by Crippen LogP contribution is -2.27. The van der Waals surface area contributed by atoms with Crippen molar-refractivity contribution in [1.29, 1.82) is 0 Å². The summed E-state index contributed by atoms with van der Waals surface area (Å²) in [4.78, 5) is 11.9. The molecule has 124 valence electrons. The first-order valence-corrected chi connectivity index (χ1v) is 7.63. The Hall–Kier alpha value is -1.91. The van der Waals surface area contributed by atoms with Crippen molar-refractivity contribution < 1.29 is 14.3 Å². The van der Waals surface area contributed by atoms with Gasteiger partial charge in [0.05, 0.1) is 18.5 Å². The maximum Gasteiger partial charge on any atom is 0.412 e. The van der Waals surface area contributed by atoms with E-state index in [9.17, 15) is 4.79 Å². The van der Waals surface area contributed by atoms with Crippen LogP contribution in [0, 0.1) is 5.92 Å². The third kappa shape index (κ3) is 6.70. The first kappa shape index (κ1) is 18.1. The number of carbonyl (C=O) groups excluding carboxylic acids is 1. The molecule has 0 aromatic heterocycles. The van der Waals surface area contributed by atoms with Gasteiger partial charge in [-0.15, -0.1) is 0 Å². The molecule has 0 fully saturated rings. The fraction of sp³-hybridized carbons (Fsp3) is 0.588. The molecule has 1 aromatic carbocycles. The molecule has 0 spiro atoms. The lowest BCUT2D eigenvalue weighted by molar-refractivity contribution is 0.0636. The summed E-state index contributed by atoms with van der Waals surface area (Å²) in [5.41, 5.74) is 0.978. The number of anilines is 2. The van der Waals surface area contributed by atoms with E-state index in [1.807, 2.05) is 26.8 Å². The first-order valence-electron chi connectivity index (χ1n) is 7.63. The number of nitrogens with one attached hydrogen (secondary N) is 2. The molecule has 0 bridgehead atoms. The average Bonchev–Trinajstić information content (AvgIpc) is 2.37. The van der Waals surface area contributed by atoms with Gasteiger partial charge in [0.2, 0.25) is 0 Å². The Morgan fingerprint density at radius 1 is 1.23 bits per heavy atom. The number of ether oxygens (including phenoxy) is 2. The van der Waals surface area contributed by atoms with Gasteiger partial charge in [-0.05, 0) is 45.2 Å². The van der Waals surface area contributed by atoms with Crippen molar-refractivity contribution >= 4 is 17.5 Å². The standard InChI is InChI=1S/C17H28N2O3/c1-12(2)9-10-18-15-11-13(21-6)7-8-14(15)19-16(20)22-17(3,4)5/h7-8,11-12,18H,9-10H2,1-6H3,(H,19,20). The molecule has 0 aliphatic carbocycles. The van der Waals surface area contributed by atoms with Gasteiger partial charge in [0, 0.05) is 12.6 Å². The molecule has 0 radical (unpaired) electrons. The Morgan fingerprint density at radius 3 is 2.45 bits per heavy atom. The number of benzene rings is 1. The van der Waals surface area contributed by atoms with E-state index >= 15 is 0 Å². The molecule has 1 aromatic rings. The van der Waals surface area contributed by atoms with Crippen LogP contribution in [0.5, 0.6) is 5.75 Å². The number of carbonyl (C=O) groups is 1. The molecule has 0 aliphatic rings. The van der Waals surface area contributed by atoms with Crippen molar-refractivity contribution in [1.82, 2.24) is 0 Å². The highest BCUT2D eigenvalue weighted by Gasteiger charge is 2.17. The van der Waals surface area contributed by atoms with Crippen LogP contribution in [0.1, 0.15) is 41.0 Å². The quantitative estimate of drug-likeness (QED) is 0.812. The largest absolute Gasteiger partial charge is 0.497 e. The summed E-state index contributed by atoms with van der Waals surface area (Å²) >= 11 is 0. The Balaban J connectivity index is 2.81. The summed E-state index contributed by atoms with van der Waals surface area (Å²) in [6, 6.07) is 5.48. The minimum atomic E-state index is -0.526. The van der Waals surface area contributed by atoms with Crippen LogP contribution in [-0.2, 0) is 4.74 Å². The van der Waals surface area contributed by atoms with E-state index in [4.69, 9.17) is 9.47 Å². The van der Waals surface area contributed by atoms with E-state index < -0.39 is 11.7 Å². The van der Waals surface area contributed by atoms with E-state index in [-0.39, 0.29) is 0 Å². The zero-order valence-corrected chi connectivity index (χ0v) is 14.4. The molecule has 0 aliphatic heterocycles. The zero-order chi connectivity index (χ0) is 16.8. The third-order valence-electron chi connectivity index (χ3n) is 2.90. The van der Waals surface area contributed by atoms with E-state index in [0.717, 1.165) is 24.4 Å². The fourth-order valence-corrected chi connectivity index (χ4v) is 1.81. The third-order valence-corrected chi connectivity index (χ3v) is 2.90. The topological polar surface area (TPSA) is 59.6 Å². The molecule has 2 N–H and O–H groups in total. The van der Waals surface area contributed by atoms with Gasteiger partial charge in [0.15, 0.2) is 0 Å². The van der Waals surface area contributed by atoms with Crippen LogP contribution in [0.25, 0.3) is 0 Å². The Kier molecular flexibility index (Phi) is 6.53. The second-order valence-corrected chi connectivity index (χ2v) is 6.65. The molecular formula is C17H28N2O3. The maximum absolute atomic E-state index is 11.9. The molecule has 0 saturated carbocycles. The van der Waals surface area contributed by atoms with Gasteiger partial charge in [-0.3, -0.25) is 5.32 Å². The first-order chi connectivity index (χ1) is 10.2. The zero-order valence-electron chi connectivity index (χ0n) is 14.4. The van der Waals surface area contributed by atoms with Crippen molar-refractivity contribution in [2.24, 2.45) is 5.92 Å². The highest BCUT2D eigenvalue weighted by Crippen LogP contribution is 2.27. The smallest absolute Gasteiger partial charge is 0.412 e. The number of hydrogen-bond donors (Lipinski definition) is 2. The summed E-state index contributed by atoms with van der Waals surface area (Å²) in [7, 11) is 1.62. The van der Waals surface area contributed by atoms with Crippen molar-refractivity contribution in [2.45, 2.75) is 46.6 Å². The van der Waals surface area contributed by atoms with E-state index in [1.165, 1.54) is 0 Å². The molecule has 1 rings (SSSR count). The summed E-state index contributed by atoms with van der Waals surface area (Å²) in [5, 5.41) is 6.11. The minimum Gasteiger partial charge on any atom is -0.497 e. The lowest BCUT2D eigenvalue weighted by atomic mass is 10.1. The second-order valence-electron chi connectivity index (χ2n) is 6.65. The highest BCUT2D eigenvalue weighted by molar-refractivity contribution is 5.90. The van der Waals surface area contributed by atoms with E-state index in [2.05, 4.69) is 24.5 Å². The van der Waals surface area contributed by atoms with Gasteiger partial charge in [-0.2, -0.15) is 0 Å². The molecule has 5 nitrogen and oxygen atoms in total. The predicted molar refractivity (Wildman–Crippen MR) is 90.8 cm³/mol. The number of rotatable bonds is 6. The fourth-order valence-electron chi connectivity index (χ4n) is 1.81. The Labute approximate surface area is 133 Å². The minimum absolute atomic E-state index is 0.468. The van der Waals surface area contributed by atoms with Crippen molar-refractivity contribution in [2.75, 3.05) is 24.3 Å². The van der Waals surface area contributed by atoms with Gasteiger partial charge in [0.25, 0.3) is 0 Å². The summed E-state index contributed by atoms with van der Waals surface area (Å²) in [6.45, 7) is 10.7. The Bertz CT molecular complexity index is 493. The lowest BCUT2D eigenvalue weighted by Gasteiger charge is -2.21. The number of hydrogen-bond acceptors (Lipinski definition) is 4. The summed E-state index contributed by atoms with van der Waals surface area (Å²) < 4.78 is 10.5. The molecular weight excluding hydrogens is 280 g/mol. The van der Waals surface area contributed by atoms with Crippen LogP contribution >= 0.6 is 0 Å². The van der Waals surface area contributed by atoms with Gasteiger partial charge in [-0.25, -0.2) is 4.79 Å². The SMILES string of the molecule is COc1ccc(NC(=O)OC(C)(C)C)c(NCCC(C)C)c1. The van der Waals surface area contributed by atoms with Crippen LogP contribution < -0.4 is 15.4 Å². The van der Waals surface area contributed by atoms with Crippen LogP contribution in [0.2, 0.25) is 0 Å². The van der Waals surface area contributed by atoms with Gasteiger partial charge in [0.1, 0.15) is 11.4 Å². The van der Waals surface area contributed by atoms with Gasteiger partial charge in [-0.1, -0.05) is 13.8 Å². The molecule has 0 atom stereocenters. The maximum atomic E-state index is 11.9. The molecule has 0 unspecified atom stereocenters. The molecule has 22 heavy (non-hydrogen) atoms. The van der Waals surface area contributed by atoms with Crippen LogP contribution in [-0.4, -0.2) is 25.3 Å². The molecule has 5 heteroatoms. The van der Waals surface area contributed by atoms with Crippen LogP contribution in [0.4, 0.5) is 16.2 Å². The van der Waals surface area contributed by atoms with Crippen molar-refractivity contribution in [3.8, 4) is 5.75 Å². The molecule has 0 saturated heterocycles. The van der Waals surface area contributed by atoms with Crippen molar-refractivity contribution in [3.05, 3.63) is 18.2 Å². The second kappa shape index (κ2) is 7.92. The van der Waals surface area contributed by atoms with Crippen molar-refractivity contribution in [3.63, 3.8) is 0 Å². The summed E-state index contributed by atoms with van der Waals surface area (Å²) in [6.07, 6.45) is 0.577.